The average molecular weight is 516 g/mol. The maximum absolute atomic E-state index is 12.9. The predicted octanol–water partition coefficient (Wildman–Crippen LogP) is 0.271. The molecule has 0 spiro atoms. The molecule has 5 atom stereocenters. The van der Waals surface area contributed by atoms with Crippen molar-refractivity contribution in [2.75, 3.05) is 6.61 Å². The number of aliphatic hydroxyl groups is 3. The molecule has 196 valence electrons. The number of aromatic hydroxyl groups is 1. The fourth-order valence-corrected chi connectivity index (χ4v) is 4.30. The van der Waals surface area contributed by atoms with E-state index >= 15 is 0 Å². The maximum atomic E-state index is 12.9. The molecule has 1 saturated heterocycles. The van der Waals surface area contributed by atoms with E-state index in [4.69, 9.17) is 13.9 Å². The zero-order valence-corrected chi connectivity index (χ0v) is 19.7. The highest BCUT2D eigenvalue weighted by atomic mass is 16.6. The Morgan fingerprint density at radius 3 is 2.46 bits per heavy atom. The van der Waals surface area contributed by atoms with Crippen LogP contribution in [0.4, 0.5) is 0 Å². The number of carbonyl (C=O) groups excluding carboxylic acids is 2. The van der Waals surface area contributed by atoms with Gasteiger partial charge in [-0.3, -0.25) is 9.59 Å². The van der Waals surface area contributed by atoms with Crippen LogP contribution in [-0.2, 0) is 20.7 Å². The van der Waals surface area contributed by atoms with Crippen LogP contribution < -0.4 is 11.1 Å². The minimum atomic E-state index is -1.82. The van der Waals surface area contributed by atoms with Gasteiger partial charge in [-0.15, -0.1) is 0 Å². The van der Waals surface area contributed by atoms with Crippen molar-refractivity contribution in [3.63, 3.8) is 0 Å². The molecule has 3 heterocycles. The standard InChI is InChI=1S/C25H24O12/c1-10-5-14(28)19(22-18(10)15(29)7-13(35-22)6-11(2)27)23-24(21(32)20(31)16(8-26)36-23)37-25(33)12-3-4-17(30)34-9-12/h3-5,7,9,16,20-21,23-24,26,28,31-32H,6,8H2,1-2H3/t16-,20-,21+,23+,24-/m1/s1. The highest BCUT2D eigenvalue weighted by Gasteiger charge is 2.49. The molecule has 4 N–H and O–H groups in total. The molecule has 1 aliphatic rings. The van der Waals surface area contributed by atoms with Gasteiger partial charge in [0.1, 0.15) is 53.6 Å². The number of hydrogen-bond acceptors (Lipinski definition) is 12. The lowest BCUT2D eigenvalue weighted by Crippen LogP contribution is -2.56. The van der Waals surface area contributed by atoms with E-state index < -0.39 is 59.9 Å². The fourth-order valence-electron chi connectivity index (χ4n) is 4.30. The van der Waals surface area contributed by atoms with Crippen molar-refractivity contribution in [2.45, 2.75) is 50.8 Å². The van der Waals surface area contributed by atoms with E-state index in [-0.39, 0.29) is 40.1 Å². The number of phenols is 1. The van der Waals surface area contributed by atoms with Gasteiger partial charge in [0, 0.05) is 12.1 Å². The quantitative estimate of drug-likeness (QED) is 0.327. The Morgan fingerprint density at radius 1 is 1.11 bits per heavy atom. The average Bonchev–Trinajstić information content (AvgIpc) is 2.82. The molecule has 0 radical (unpaired) electrons. The van der Waals surface area contributed by atoms with Crippen LogP contribution in [0, 0.1) is 6.92 Å². The molecule has 37 heavy (non-hydrogen) atoms. The number of Topliss-reactive ketones (excluding diaryl/α,β-unsaturated/α-hetero) is 1. The van der Waals surface area contributed by atoms with Gasteiger partial charge in [0.25, 0.3) is 0 Å². The van der Waals surface area contributed by atoms with Crippen molar-refractivity contribution in [1.29, 1.82) is 0 Å². The zero-order chi connectivity index (χ0) is 27.0. The van der Waals surface area contributed by atoms with Crippen LogP contribution in [0.3, 0.4) is 0 Å². The molecule has 12 nitrogen and oxygen atoms in total. The Morgan fingerprint density at radius 2 is 1.84 bits per heavy atom. The van der Waals surface area contributed by atoms with Gasteiger partial charge in [0.2, 0.25) is 0 Å². The van der Waals surface area contributed by atoms with E-state index in [9.17, 15) is 39.6 Å². The first-order valence-corrected chi connectivity index (χ1v) is 11.2. The second-order valence-corrected chi connectivity index (χ2v) is 8.76. The number of ketones is 1. The molecule has 0 bridgehead atoms. The van der Waals surface area contributed by atoms with Crippen LogP contribution in [0.15, 0.2) is 49.0 Å². The van der Waals surface area contributed by atoms with Gasteiger partial charge < -0.3 is 38.7 Å². The van der Waals surface area contributed by atoms with Gasteiger partial charge in [-0.1, -0.05) is 0 Å². The Bertz CT molecular complexity index is 1450. The summed E-state index contributed by atoms with van der Waals surface area (Å²) in [5, 5.41) is 42.0. The molecule has 0 unspecified atom stereocenters. The van der Waals surface area contributed by atoms with Gasteiger partial charge in [-0.25, -0.2) is 9.59 Å². The molecule has 0 aliphatic carbocycles. The Kier molecular flexibility index (Phi) is 7.28. The minimum Gasteiger partial charge on any atom is -0.507 e. The first kappa shape index (κ1) is 26.2. The van der Waals surface area contributed by atoms with Crippen molar-refractivity contribution >= 4 is 22.7 Å². The van der Waals surface area contributed by atoms with Gasteiger partial charge in [0.15, 0.2) is 11.5 Å². The van der Waals surface area contributed by atoms with Crippen LogP contribution in [0.2, 0.25) is 0 Å². The fraction of sp³-hybridized carbons (Fsp3) is 0.360. The van der Waals surface area contributed by atoms with E-state index in [0.717, 1.165) is 24.5 Å². The summed E-state index contributed by atoms with van der Waals surface area (Å²) in [6.45, 7) is 2.10. The highest BCUT2D eigenvalue weighted by Crippen LogP contribution is 2.42. The van der Waals surface area contributed by atoms with Gasteiger partial charge in [0.05, 0.1) is 29.5 Å². The smallest absolute Gasteiger partial charge is 0.341 e. The van der Waals surface area contributed by atoms with Gasteiger partial charge in [-0.05, 0) is 31.5 Å². The minimum absolute atomic E-state index is 0.000732. The molecule has 1 aromatic carbocycles. The summed E-state index contributed by atoms with van der Waals surface area (Å²) in [5.74, 6) is -1.81. The van der Waals surface area contributed by atoms with Gasteiger partial charge in [-0.2, -0.15) is 0 Å². The monoisotopic (exact) mass is 516 g/mol. The Balaban J connectivity index is 1.89. The molecule has 2 aromatic heterocycles. The number of aryl methyl sites for hydroxylation is 1. The van der Waals surface area contributed by atoms with E-state index in [1.807, 2.05) is 0 Å². The Hall–Kier alpha value is -3.84. The number of fused-ring (bicyclic) bond motifs is 1. The van der Waals surface area contributed by atoms with E-state index in [1.165, 1.54) is 13.0 Å². The highest BCUT2D eigenvalue weighted by molar-refractivity contribution is 5.89. The SMILES string of the molecule is CC(=O)Cc1cc(=O)c2c(C)cc(O)c([C@@H]3O[C@H](CO)[C@@H](O)[C@H](O)[C@H]3OC(=O)c3ccc(=O)oc3)c2o1. The normalized spacial score (nSPS) is 23.6. The topological polar surface area (TPSA) is 194 Å². The zero-order valence-electron chi connectivity index (χ0n) is 19.7. The molecule has 1 fully saturated rings. The molecule has 4 rings (SSSR count). The van der Waals surface area contributed by atoms with Crippen molar-refractivity contribution in [1.82, 2.24) is 0 Å². The third kappa shape index (κ3) is 5.04. The second kappa shape index (κ2) is 10.3. The largest absolute Gasteiger partial charge is 0.507 e. The number of carbonyl (C=O) groups is 2. The van der Waals surface area contributed by atoms with Crippen molar-refractivity contribution in [3.8, 4) is 5.75 Å². The molecule has 12 heteroatoms. The number of ether oxygens (including phenoxy) is 2. The molecule has 3 aromatic rings. The van der Waals surface area contributed by atoms with Crippen LogP contribution >= 0.6 is 0 Å². The summed E-state index contributed by atoms with van der Waals surface area (Å²) in [4.78, 5) is 48.6. The number of benzene rings is 1. The van der Waals surface area contributed by atoms with Crippen LogP contribution in [0.1, 0.15) is 40.3 Å². The summed E-state index contributed by atoms with van der Waals surface area (Å²) in [7, 11) is 0. The molecule has 0 saturated carbocycles. The molecule has 1 aliphatic heterocycles. The first-order chi connectivity index (χ1) is 17.5. The number of phenolic OH excluding ortho intramolecular Hbond substituents is 1. The predicted molar refractivity (Wildman–Crippen MR) is 124 cm³/mol. The van der Waals surface area contributed by atoms with Crippen LogP contribution in [-0.4, -0.2) is 63.2 Å². The first-order valence-electron chi connectivity index (χ1n) is 11.2. The summed E-state index contributed by atoms with van der Waals surface area (Å²) in [6.07, 6.45) is -7.50. The molecular weight excluding hydrogens is 492 g/mol. The number of esters is 1. The third-order valence-corrected chi connectivity index (χ3v) is 6.02. The third-order valence-electron chi connectivity index (χ3n) is 6.02. The van der Waals surface area contributed by atoms with Crippen LogP contribution in [0.25, 0.3) is 11.0 Å². The van der Waals surface area contributed by atoms with E-state index in [2.05, 4.69) is 4.42 Å². The van der Waals surface area contributed by atoms with Gasteiger partial charge >= 0.3 is 11.6 Å². The van der Waals surface area contributed by atoms with E-state index in [0.29, 0.717) is 5.56 Å². The van der Waals surface area contributed by atoms with Crippen molar-refractivity contribution in [3.05, 3.63) is 73.6 Å². The summed E-state index contributed by atoms with van der Waals surface area (Å²) in [6, 6.07) is 4.49. The summed E-state index contributed by atoms with van der Waals surface area (Å²) >= 11 is 0. The second-order valence-electron chi connectivity index (χ2n) is 8.76. The maximum Gasteiger partial charge on any atom is 0.341 e. The van der Waals surface area contributed by atoms with E-state index in [1.54, 1.807) is 6.92 Å². The lowest BCUT2D eigenvalue weighted by Gasteiger charge is -2.42. The summed E-state index contributed by atoms with van der Waals surface area (Å²) < 4.78 is 21.7. The molecular formula is C25H24O12. The molecule has 0 amide bonds. The lowest BCUT2D eigenvalue weighted by molar-refractivity contribution is -0.231. The van der Waals surface area contributed by atoms with Crippen molar-refractivity contribution in [2.24, 2.45) is 0 Å². The van der Waals surface area contributed by atoms with Crippen molar-refractivity contribution < 1.29 is 48.3 Å². The Labute approximate surface area is 208 Å². The van der Waals surface area contributed by atoms with Crippen LogP contribution in [0.5, 0.6) is 5.75 Å². The lowest BCUT2D eigenvalue weighted by atomic mass is 9.89. The number of aliphatic hydroxyl groups excluding tert-OH is 3. The number of hydrogen-bond donors (Lipinski definition) is 4. The number of rotatable bonds is 6. The summed E-state index contributed by atoms with van der Waals surface area (Å²) in [5.41, 5.74) is -1.48.